The van der Waals surface area contributed by atoms with Crippen molar-refractivity contribution in [3.8, 4) is 0 Å². The number of nitrogens with one attached hydrogen (secondary N) is 1. The lowest BCUT2D eigenvalue weighted by Gasteiger charge is -1.97. The molecule has 0 amide bonds. The van der Waals surface area contributed by atoms with Crippen molar-refractivity contribution in [1.82, 2.24) is 9.97 Å². The molecule has 1 aromatic heterocycles. The minimum Gasteiger partial charge on any atom is -0.399 e. The normalized spacial score (nSPS) is 10.7. The Bertz CT molecular complexity index is 731. The van der Waals surface area contributed by atoms with Crippen LogP contribution in [0, 0.1) is 0 Å². The maximum absolute atomic E-state index is 12.1. The third-order valence-electron chi connectivity index (χ3n) is 2.98. The number of H-pyrrole nitrogens is 1. The fourth-order valence-electron chi connectivity index (χ4n) is 2.04. The Morgan fingerprint density at radius 2 is 1.95 bits per heavy atom. The van der Waals surface area contributed by atoms with Crippen molar-refractivity contribution >= 4 is 22.5 Å². The summed E-state index contributed by atoms with van der Waals surface area (Å²) >= 11 is 0. The Kier molecular flexibility index (Phi) is 2.76. The molecule has 0 fully saturated rings. The zero-order valence-electron chi connectivity index (χ0n) is 10.3. The van der Waals surface area contributed by atoms with E-state index in [9.17, 15) is 4.79 Å². The molecule has 0 aliphatic heterocycles. The lowest BCUT2D eigenvalue weighted by atomic mass is 10.1. The number of fused-ring (bicyclic) bond motifs is 1. The van der Waals surface area contributed by atoms with Gasteiger partial charge >= 0.3 is 0 Å². The highest BCUT2D eigenvalue weighted by Gasteiger charge is 2.10. The van der Waals surface area contributed by atoms with Crippen molar-refractivity contribution in [3.63, 3.8) is 0 Å². The van der Waals surface area contributed by atoms with E-state index in [1.807, 2.05) is 42.5 Å². The quantitative estimate of drug-likeness (QED) is 0.555. The Morgan fingerprint density at radius 3 is 2.74 bits per heavy atom. The molecule has 0 spiro atoms. The van der Waals surface area contributed by atoms with Crippen LogP contribution in [0.5, 0.6) is 0 Å². The second-order valence-electron chi connectivity index (χ2n) is 4.43. The van der Waals surface area contributed by atoms with Crippen LogP contribution in [0.15, 0.2) is 48.5 Å². The lowest BCUT2D eigenvalue weighted by Crippen LogP contribution is -2.04. The molecule has 3 N–H and O–H groups in total. The average Bonchev–Trinajstić information content (AvgIpc) is 2.81. The first-order valence-electron chi connectivity index (χ1n) is 6.05. The van der Waals surface area contributed by atoms with Crippen molar-refractivity contribution < 1.29 is 4.79 Å². The van der Waals surface area contributed by atoms with Gasteiger partial charge in [-0.15, -0.1) is 0 Å². The summed E-state index contributed by atoms with van der Waals surface area (Å²) < 4.78 is 0. The highest BCUT2D eigenvalue weighted by atomic mass is 16.1. The first-order chi connectivity index (χ1) is 9.22. The van der Waals surface area contributed by atoms with E-state index < -0.39 is 0 Å². The van der Waals surface area contributed by atoms with Crippen LogP contribution in [0.2, 0.25) is 0 Å². The number of benzene rings is 2. The first kappa shape index (κ1) is 11.5. The number of nitrogen functional groups attached to an aromatic ring is 1. The van der Waals surface area contributed by atoms with E-state index in [1.54, 1.807) is 6.07 Å². The fraction of sp³-hybridized carbons (Fsp3) is 0.0667. The second kappa shape index (κ2) is 4.57. The molecule has 2 aromatic carbocycles. The number of carbonyl (C=O) groups excluding carboxylic acids is 1. The van der Waals surface area contributed by atoms with Gasteiger partial charge in [-0.2, -0.15) is 0 Å². The fourth-order valence-corrected chi connectivity index (χ4v) is 2.04. The summed E-state index contributed by atoms with van der Waals surface area (Å²) in [6.45, 7) is 0. The number of ketones is 1. The van der Waals surface area contributed by atoms with E-state index >= 15 is 0 Å². The summed E-state index contributed by atoms with van der Waals surface area (Å²) in [5, 5.41) is 0. The van der Waals surface area contributed by atoms with Crippen LogP contribution in [0.4, 0.5) is 5.69 Å². The highest BCUT2D eigenvalue weighted by Crippen LogP contribution is 2.16. The maximum atomic E-state index is 12.1. The standard InChI is InChI=1S/C15H13N3O/c16-11-6-7-12-13(8-11)18-15(17-12)9-14(19)10-4-2-1-3-5-10/h1-8H,9,16H2,(H,17,18). The summed E-state index contributed by atoms with van der Waals surface area (Å²) in [6.07, 6.45) is 0.262. The van der Waals surface area contributed by atoms with Crippen LogP contribution in [0.25, 0.3) is 11.0 Å². The van der Waals surface area contributed by atoms with E-state index in [-0.39, 0.29) is 12.2 Å². The molecule has 3 rings (SSSR count). The molecule has 0 saturated carbocycles. The number of aromatic amines is 1. The van der Waals surface area contributed by atoms with Gasteiger partial charge in [0.05, 0.1) is 17.5 Å². The number of nitrogens with two attached hydrogens (primary N) is 1. The molecule has 3 aromatic rings. The van der Waals surface area contributed by atoms with Gasteiger partial charge in [0.2, 0.25) is 0 Å². The van der Waals surface area contributed by atoms with Gasteiger partial charge in [0.15, 0.2) is 5.78 Å². The molecular formula is C15H13N3O. The summed E-state index contributed by atoms with van der Waals surface area (Å²) in [7, 11) is 0. The molecule has 0 saturated heterocycles. The van der Waals surface area contributed by atoms with E-state index in [2.05, 4.69) is 9.97 Å². The molecule has 0 aliphatic carbocycles. The molecule has 0 atom stereocenters. The number of imidazole rings is 1. The number of aromatic nitrogens is 2. The largest absolute Gasteiger partial charge is 0.399 e. The number of Topliss-reactive ketones (excluding diaryl/α,β-unsaturated/α-hetero) is 1. The number of carbonyl (C=O) groups is 1. The summed E-state index contributed by atoms with van der Waals surface area (Å²) in [5.74, 6) is 0.710. The molecule has 4 nitrogen and oxygen atoms in total. The Morgan fingerprint density at radius 1 is 1.16 bits per heavy atom. The predicted octanol–water partition coefficient (Wildman–Crippen LogP) is 2.57. The molecule has 19 heavy (non-hydrogen) atoms. The van der Waals surface area contributed by atoms with Crippen molar-refractivity contribution in [1.29, 1.82) is 0 Å². The van der Waals surface area contributed by atoms with Gasteiger partial charge in [-0.25, -0.2) is 4.98 Å². The average molecular weight is 251 g/mol. The molecule has 0 aliphatic rings. The van der Waals surface area contributed by atoms with E-state index in [0.717, 1.165) is 11.0 Å². The predicted molar refractivity (Wildman–Crippen MR) is 75.0 cm³/mol. The number of hydrogen-bond donors (Lipinski definition) is 2. The van der Waals surface area contributed by atoms with Gasteiger partial charge < -0.3 is 10.7 Å². The minimum atomic E-state index is 0.0487. The Hall–Kier alpha value is -2.62. The molecule has 0 radical (unpaired) electrons. The third kappa shape index (κ3) is 2.33. The number of nitrogens with zero attached hydrogens (tertiary/aromatic N) is 1. The zero-order valence-corrected chi connectivity index (χ0v) is 10.3. The van der Waals surface area contributed by atoms with Crippen LogP contribution < -0.4 is 5.73 Å². The van der Waals surface area contributed by atoms with Crippen molar-refractivity contribution in [2.75, 3.05) is 5.73 Å². The summed E-state index contributed by atoms with van der Waals surface area (Å²) in [5.41, 5.74) is 8.77. The maximum Gasteiger partial charge on any atom is 0.170 e. The van der Waals surface area contributed by atoms with Crippen molar-refractivity contribution in [2.24, 2.45) is 0 Å². The number of hydrogen-bond acceptors (Lipinski definition) is 3. The molecule has 0 unspecified atom stereocenters. The minimum absolute atomic E-state index is 0.0487. The SMILES string of the molecule is Nc1ccc2nc(CC(=O)c3ccccc3)[nH]c2c1. The van der Waals surface area contributed by atoms with Gasteiger partial charge in [-0.3, -0.25) is 4.79 Å². The lowest BCUT2D eigenvalue weighted by molar-refractivity contribution is 0.0991. The van der Waals surface area contributed by atoms with Crippen molar-refractivity contribution in [3.05, 3.63) is 59.9 Å². The first-order valence-corrected chi connectivity index (χ1v) is 6.05. The molecule has 0 bridgehead atoms. The molecule has 4 heteroatoms. The Labute approximate surface area is 110 Å². The van der Waals surface area contributed by atoms with E-state index in [4.69, 9.17) is 5.73 Å². The monoisotopic (exact) mass is 251 g/mol. The van der Waals surface area contributed by atoms with E-state index in [0.29, 0.717) is 17.1 Å². The second-order valence-corrected chi connectivity index (χ2v) is 4.43. The van der Waals surface area contributed by atoms with Crippen molar-refractivity contribution in [2.45, 2.75) is 6.42 Å². The van der Waals surface area contributed by atoms with Gasteiger partial charge in [0.25, 0.3) is 0 Å². The molecular weight excluding hydrogens is 238 g/mol. The van der Waals surface area contributed by atoms with Crippen LogP contribution in [-0.4, -0.2) is 15.8 Å². The summed E-state index contributed by atoms with van der Waals surface area (Å²) in [4.78, 5) is 19.6. The zero-order chi connectivity index (χ0) is 13.2. The number of anilines is 1. The summed E-state index contributed by atoms with van der Waals surface area (Å²) in [6, 6.07) is 14.7. The van der Waals surface area contributed by atoms with Gasteiger partial charge in [-0.05, 0) is 18.2 Å². The topological polar surface area (TPSA) is 71.8 Å². The number of rotatable bonds is 3. The Balaban J connectivity index is 1.87. The van der Waals surface area contributed by atoms with Crippen LogP contribution in [0.3, 0.4) is 0 Å². The van der Waals surface area contributed by atoms with Gasteiger partial charge in [0.1, 0.15) is 5.82 Å². The van der Waals surface area contributed by atoms with Gasteiger partial charge in [-0.1, -0.05) is 30.3 Å². The smallest absolute Gasteiger partial charge is 0.170 e. The van der Waals surface area contributed by atoms with Crippen LogP contribution in [0.1, 0.15) is 16.2 Å². The molecule has 94 valence electrons. The van der Waals surface area contributed by atoms with Crippen LogP contribution in [-0.2, 0) is 6.42 Å². The highest BCUT2D eigenvalue weighted by molar-refractivity contribution is 5.97. The van der Waals surface area contributed by atoms with E-state index in [1.165, 1.54) is 0 Å². The van der Waals surface area contributed by atoms with Gasteiger partial charge in [0, 0.05) is 11.3 Å². The van der Waals surface area contributed by atoms with Crippen LogP contribution >= 0.6 is 0 Å². The third-order valence-corrected chi connectivity index (χ3v) is 2.98. The molecule has 1 heterocycles.